The van der Waals surface area contributed by atoms with Crippen LogP contribution in [0.5, 0.6) is 0 Å². The van der Waals surface area contributed by atoms with Gasteiger partial charge >= 0.3 is 0 Å². The molecule has 2 amide bonds. The maximum Gasteiger partial charge on any atom is 0.230 e. The minimum absolute atomic E-state index is 0. The van der Waals surface area contributed by atoms with Gasteiger partial charge in [0.25, 0.3) is 0 Å². The molecule has 0 bridgehead atoms. The topological polar surface area (TPSA) is 62.3 Å². The first-order valence-electron chi connectivity index (χ1n) is 6.52. The van der Waals surface area contributed by atoms with Gasteiger partial charge in [-0.1, -0.05) is 0 Å². The minimum Gasteiger partial charge on any atom is -0.331 e. The highest BCUT2D eigenvalue weighted by atomic mass is 35.5. The van der Waals surface area contributed by atoms with E-state index in [9.17, 15) is 18.4 Å². The fourth-order valence-electron chi connectivity index (χ4n) is 2.10. The van der Waals surface area contributed by atoms with Crippen molar-refractivity contribution in [2.24, 2.45) is 0 Å². The summed E-state index contributed by atoms with van der Waals surface area (Å²) in [4.78, 5) is 28.5. The van der Waals surface area contributed by atoms with Gasteiger partial charge < -0.3 is 5.32 Å². The Morgan fingerprint density at radius 1 is 1.17 bits per heavy atom. The molecule has 122 valence electrons. The Balaban J connectivity index is 0.00000192. The number of carbonyl (C=O) groups excluding carboxylic acids is 2. The molecule has 5 nitrogen and oxygen atoms in total. The Hall–Kier alpha value is -2.06. The molecule has 0 radical (unpaired) electrons. The SMILES string of the molecule is Cl.O=C1CCC(=O)N1Cc1csc(Nc2ccc(F)c(F)c2)n1. The zero-order valence-corrected chi connectivity index (χ0v) is 13.3. The van der Waals surface area contributed by atoms with Crippen molar-refractivity contribution < 1.29 is 18.4 Å². The van der Waals surface area contributed by atoms with Crippen molar-refractivity contribution in [2.45, 2.75) is 19.4 Å². The number of nitrogens with one attached hydrogen (secondary N) is 1. The Bertz CT molecular complexity index is 737. The highest BCUT2D eigenvalue weighted by Gasteiger charge is 2.29. The number of benzene rings is 1. The maximum atomic E-state index is 13.1. The van der Waals surface area contributed by atoms with E-state index in [1.165, 1.54) is 22.3 Å². The minimum atomic E-state index is -0.949. The summed E-state index contributed by atoms with van der Waals surface area (Å²) in [6.45, 7) is 0.133. The lowest BCUT2D eigenvalue weighted by Crippen LogP contribution is -2.28. The molecule has 2 heterocycles. The molecule has 1 fully saturated rings. The third-order valence-electron chi connectivity index (χ3n) is 3.20. The molecular weight excluding hydrogens is 348 g/mol. The van der Waals surface area contributed by atoms with Crippen molar-refractivity contribution in [3.63, 3.8) is 0 Å². The van der Waals surface area contributed by atoms with Crippen LogP contribution in [-0.2, 0) is 16.1 Å². The third kappa shape index (κ3) is 3.83. The fraction of sp³-hybridized carbons (Fsp3) is 0.214. The molecule has 0 unspecified atom stereocenters. The summed E-state index contributed by atoms with van der Waals surface area (Å²) in [5.41, 5.74) is 0.937. The zero-order chi connectivity index (χ0) is 15.7. The van der Waals surface area contributed by atoms with E-state index in [1.54, 1.807) is 5.38 Å². The summed E-state index contributed by atoms with van der Waals surface area (Å²) in [5.74, 6) is -2.27. The molecule has 2 aromatic rings. The molecule has 1 aliphatic rings. The second-order valence-corrected chi connectivity index (χ2v) is 5.63. The Kier molecular flexibility index (Phi) is 5.27. The number of imide groups is 1. The molecule has 0 aliphatic carbocycles. The first-order valence-corrected chi connectivity index (χ1v) is 7.40. The number of hydrogen-bond donors (Lipinski definition) is 1. The van der Waals surface area contributed by atoms with Gasteiger partial charge in [-0.25, -0.2) is 13.8 Å². The first-order chi connectivity index (χ1) is 10.5. The number of carbonyl (C=O) groups is 2. The Labute approximate surface area is 140 Å². The smallest absolute Gasteiger partial charge is 0.230 e. The van der Waals surface area contributed by atoms with Gasteiger partial charge in [-0.05, 0) is 12.1 Å². The van der Waals surface area contributed by atoms with Crippen LogP contribution in [0.2, 0.25) is 0 Å². The molecule has 9 heteroatoms. The van der Waals surface area contributed by atoms with E-state index in [1.807, 2.05) is 0 Å². The van der Waals surface area contributed by atoms with E-state index in [4.69, 9.17) is 0 Å². The summed E-state index contributed by atoms with van der Waals surface area (Å²) in [7, 11) is 0. The van der Waals surface area contributed by atoms with Gasteiger partial charge in [0.15, 0.2) is 16.8 Å². The highest BCUT2D eigenvalue weighted by Crippen LogP contribution is 2.24. The number of anilines is 2. The summed E-state index contributed by atoms with van der Waals surface area (Å²) < 4.78 is 26.0. The molecule has 0 spiro atoms. The van der Waals surface area contributed by atoms with Crippen LogP contribution < -0.4 is 5.32 Å². The van der Waals surface area contributed by atoms with E-state index in [0.29, 0.717) is 16.5 Å². The van der Waals surface area contributed by atoms with Gasteiger partial charge in [-0.15, -0.1) is 23.7 Å². The molecule has 1 saturated heterocycles. The second-order valence-electron chi connectivity index (χ2n) is 4.77. The average molecular weight is 360 g/mol. The van der Waals surface area contributed by atoms with Gasteiger partial charge in [0, 0.05) is 30.0 Å². The van der Waals surface area contributed by atoms with Crippen LogP contribution in [0.4, 0.5) is 19.6 Å². The number of halogens is 3. The number of likely N-dealkylation sites (tertiary alicyclic amines) is 1. The highest BCUT2D eigenvalue weighted by molar-refractivity contribution is 7.13. The quantitative estimate of drug-likeness (QED) is 0.851. The van der Waals surface area contributed by atoms with Crippen LogP contribution >= 0.6 is 23.7 Å². The summed E-state index contributed by atoms with van der Waals surface area (Å²) in [6.07, 6.45) is 0.478. The van der Waals surface area contributed by atoms with E-state index in [0.717, 1.165) is 12.1 Å². The number of nitrogens with zero attached hydrogens (tertiary/aromatic N) is 2. The van der Waals surface area contributed by atoms with Gasteiger partial charge in [0.05, 0.1) is 12.2 Å². The van der Waals surface area contributed by atoms with Crippen molar-refractivity contribution in [2.75, 3.05) is 5.32 Å². The van der Waals surface area contributed by atoms with Crippen LogP contribution in [0.15, 0.2) is 23.6 Å². The molecular formula is C14H12ClF2N3O2S. The van der Waals surface area contributed by atoms with E-state index in [2.05, 4.69) is 10.3 Å². The molecule has 1 aromatic carbocycles. The van der Waals surface area contributed by atoms with Gasteiger partial charge in [0.2, 0.25) is 11.8 Å². The van der Waals surface area contributed by atoms with Crippen LogP contribution in [0, 0.1) is 11.6 Å². The van der Waals surface area contributed by atoms with Crippen molar-refractivity contribution in [1.82, 2.24) is 9.88 Å². The van der Waals surface area contributed by atoms with Crippen molar-refractivity contribution in [1.29, 1.82) is 0 Å². The summed E-state index contributed by atoms with van der Waals surface area (Å²) in [5, 5.41) is 5.03. The molecule has 23 heavy (non-hydrogen) atoms. The Morgan fingerprint density at radius 2 is 1.87 bits per heavy atom. The molecule has 3 rings (SSSR count). The van der Waals surface area contributed by atoms with Crippen molar-refractivity contribution in [3.8, 4) is 0 Å². The number of amides is 2. The van der Waals surface area contributed by atoms with E-state index < -0.39 is 11.6 Å². The van der Waals surface area contributed by atoms with Crippen molar-refractivity contribution in [3.05, 3.63) is 40.9 Å². The van der Waals surface area contributed by atoms with Gasteiger partial charge in [-0.2, -0.15) is 0 Å². The van der Waals surface area contributed by atoms with Crippen LogP contribution in [0.3, 0.4) is 0 Å². The molecule has 1 N–H and O–H groups in total. The number of thiazole rings is 1. The summed E-state index contributed by atoms with van der Waals surface area (Å²) >= 11 is 1.25. The number of rotatable bonds is 4. The molecule has 1 aliphatic heterocycles. The third-order valence-corrected chi connectivity index (χ3v) is 4.00. The van der Waals surface area contributed by atoms with Crippen LogP contribution in [0.25, 0.3) is 0 Å². The van der Waals surface area contributed by atoms with Crippen molar-refractivity contribution >= 4 is 46.4 Å². The van der Waals surface area contributed by atoms with Gasteiger partial charge in [0.1, 0.15) is 0 Å². The predicted molar refractivity (Wildman–Crippen MR) is 83.8 cm³/mol. The van der Waals surface area contributed by atoms with Gasteiger partial charge in [-0.3, -0.25) is 14.5 Å². The fourth-order valence-corrected chi connectivity index (χ4v) is 2.82. The van der Waals surface area contributed by atoms with E-state index >= 15 is 0 Å². The average Bonchev–Trinajstić information content (AvgIpc) is 3.05. The van der Waals surface area contributed by atoms with Crippen LogP contribution in [0.1, 0.15) is 18.5 Å². The number of aromatic nitrogens is 1. The standard InChI is InChI=1S/C14H11F2N3O2S.ClH/c15-10-2-1-8(5-11(10)16)17-14-18-9(7-22-14)6-19-12(20)3-4-13(19)21;/h1-2,5,7H,3-4,6H2,(H,17,18);1H. The largest absolute Gasteiger partial charge is 0.331 e. The normalized spacial score (nSPS) is 14.1. The first kappa shape index (κ1) is 17.3. The molecule has 0 atom stereocenters. The van der Waals surface area contributed by atoms with Crippen LogP contribution in [-0.4, -0.2) is 21.7 Å². The lowest BCUT2D eigenvalue weighted by atomic mass is 10.3. The monoisotopic (exact) mass is 359 g/mol. The van der Waals surface area contributed by atoms with E-state index in [-0.39, 0.29) is 43.6 Å². The Morgan fingerprint density at radius 3 is 2.52 bits per heavy atom. The lowest BCUT2D eigenvalue weighted by Gasteiger charge is -2.11. The lowest BCUT2D eigenvalue weighted by molar-refractivity contribution is -0.139. The zero-order valence-electron chi connectivity index (χ0n) is 11.7. The molecule has 0 saturated carbocycles. The second kappa shape index (κ2) is 7.01. The number of hydrogen-bond acceptors (Lipinski definition) is 5. The maximum absolute atomic E-state index is 13.1. The predicted octanol–water partition coefficient (Wildman–Crippen LogP) is 3.24. The summed E-state index contributed by atoms with van der Waals surface area (Å²) in [6, 6.07) is 3.45. The molecule has 1 aromatic heterocycles.